The molecule has 0 unspecified atom stereocenters. The van der Waals surface area contributed by atoms with Crippen LogP contribution in [0.25, 0.3) is 4.96 Å². The highest BCUT2D eigenvalue weighted by Gasteiger charge is 2.56. The van der Waals surface area contributed by atoms with E-state index in [4.69, 9.17) is 4.74 Å². The smallest absolute Gasteiger partial charge is 0.326 e. The molecule has 0 radical (unpaired) electrons. The predicted molar refractivity (Wildman–Crippen MR) is 90.5 cm³/mol. The summed E-state index contributed by atoms with van der Waals surface area (Å²) in [5, 5.41) is 4.40. The summed E-state index contributed by atoms with van der Waals surface area (Å²) in [6.45, 7) is 1.02. The largest absolute Gasteiger partial charge is 0.458 e. The number of imide groups is 1. The van der Waals surface area contributed by atoms with Crippen LogP contribution in [-0.2, 0) is 20.9 Å². The van der Waals surface area contributed by atoms with Crippen molar-refractivity contribution in [1.82, 2.24) is 19.6 Å². The number of urea groups is 1. The van der Waals surface area contributed by atoms with Crippen molar-refractivity contribution in [3.8, 4) is 0 Å². The predicted octanol–water partition coefficient (Wildman–Crippen LogP) is 0.520. The fourth-order valence-electron chi connectivity index (χ4n) is 3.09. The van der Waals surface area contributed by atoms with Crippen molar-refractivity contribution in [2.75, 3.05) is 6.54 Å². The Morgan fingerprint density at radius 1 is 1.42 bits per heavy atom. The summed E-state index contributed by atoms with van der Waals surface area (Å²) in [5.41, 5.74) is -0.889. The molecule has 1 aliphatic carbocycles. The highest BCUT2D eigenvalue weighted by Crippen LogP contribution is 2.42. The third kappa shape index (κ3) is 2.75. The van der Waals surface area contributed by atoms with Gasteiger partial charge in [-0.25, -0.2) is 9.78 Å². The van der Waals surface area contributed by atoms with Gasteiger partial charge >= 0.3 is 12.0 Å². The van der Waals surface area contributed by atoms with Gasteiger partial charge in [-0.05, 0) is 25.7 Å². The SMILES string of the molecule is C[C@@]1(C2CC2)NC(=O)N(CC(=O)OCc2cc(=O)n3ccsc3n2)C1=O. The number of esters is 1. The third-order valence-electron chi connectivity index (χ3n) is 4.72. The standard InChI is InChI=1S/C16H16N4O5S/c1-16(9-2-3-9)13(23)20(14(24)18-16)7-12(22)25-8-10-6-11(21)19-4-5-26-15(19)17-10/h4-6,9H,2-3,7-8H2,1H3,(H,18,24)/t16-/m0/s1. The molecule has 2 aromatic rings. The number of nitrogens with one attached hydrogen (secondary N) is 1. The first-order valence-electron chi connectivity index (χ1n) is 8.14. The molecule has 4 rings (SSSR count). The van der Waals surface area contributed by atoms with Crippen LogP contribution in [0.4, 0.5) is 4.79 Å². The Bertz CT molecular complexity index is 978. The number of ether oxygens (including phenoxy) is 1. The van der Waals surface area contributed by atoms with Crippen LogP contribution in [0.1, 0.15) is 25.5 Å². The molecule has 9 nitrogen and oxygen atoms in total. The molecule has 1 saturated carbocycles. The van der Waals surface area contributed by atoms with Crippen LogP contribution in [0.5, 0.6) is 0 Å². The molecule has 2 aromatic heterocycles. The highest BCUT2D eigenvalue weighted by molar-refractivity contribution is 7.15. The van der Waals surface area contributed by atoms with E-state index in [0.29, 0.717) is 10.7 Å². The summed E-state index contributed by atoms with van der Waals surface area (Å²) >= 11 is 1.29. The number of carbonyl (C=O) groups excluding carboxylic acids is 3. The van der Waals surface area contributed by atoms with Gasteiger partial charge in [-0.1, -0.05) is 0 Å². The molecule has 2 fully saturated rings. The van der Waals surface area contributed by atoms with E-state index in [1.807, 2.05) is 0 Å². The van der Waals surface area contributed by atoms with Crippen molar-refractivity contribution in [2.45, 2.75) is 31.9 Å². The maximum absolute atomic E-state index is 12.5. The van der Waals surface area contributed by atoms with E-state index in [9.17, 15) is 19.2 Å². The van der Waals surface area contributed by atoms with Gasteiger partial charge < -0.3 is 10.1 Å². The monoisotopic (exact) mass is 376 g/mol. The first kappa shape index (κ1) is 16.7. The summed E-state index contributed by atoms with van der Waals surface area (Å²) in [6, 6.07) is 0.697. The Labute approximate surface area is 151 Å². The molecule has 3 amide bonds. The zero-order valence-corrected chi connectivity index (χ0v) is 14.7. The minimum Gasteiger partial charge on any atom is -0.458 e. The Kier molecular flexibility index (Phi) is 3.79. The first-order chi connectivity index (χ1) is 12.4. The summed E-state index contributed by atoms with van der Waals surface area (Å²) < 4.78 is 6.48. The molecule has 3 heterocycles. The van der Waals surface area contributed by atoms with Crippen LogP contribution < -0.4 is 10.9 Å². The van der Waals surface area contributed by atoms with Gasteiger partial charge in [-0.3, -0.25) is 23.7 Å². The minimum absolute atomic E-state index is 0.120. The highest BCUT2D eigenvalue weighted by atomic mass is 32.1. The second-order valence-corrected chi connectivity index (χ2v) is 7.47. The molecule has 0 spiro atoms. The average Bonchev–Trinajstić information content (AvgIpc) is 3.31. The molecule has 1 N–H and O–H groups in total. The van der Waals surface area contributed by atoms with Crippen molar-refractivity contribution < 1.29 is 19.1 Å². The van der Waals surface area contributed by atoms with Crippen molar-refractivity contribution >= 4 is 34.2 Å². The molecule has 0 aromatic carbocycles. The van der Waals surface area contributed by atoms with E-state index in [1.54, 1.807) is 18.5 Å². The summed E-state index contributed by atoms with van der Waals surface area (Å²) in [6.07, 6.45) is 3.38. The van der Waals surface area contributed by atoms with Gasteiger partial charge in [0.15, 0.2) is 4.96 Å². The molecular weight excluding hydrogens is 360 g/mol. The van der Waals surface area contributed by atoms with Crippen LogP contribution in [0, 0.1) is 5.92 Å². The van der Waals surface area contributed by atoms with E-state index in [0.717, 1.165) is 17.7 Å². The molecule has 0 bridgehead atoms. The number of hydrogen-bond donors (Lipinski definition) is 1. The van der Waals surface area contributed by atoms with Gasteiger partial charge in [-0.15, -0.1) is 11.3 Å². The number of rotatable bonds is 5. The molecule has 136 valence electrons. The maximum Gasteiger partial charge on any atom is 0.326 e. The van der Waals surface area contributed by atoms with Crippen LogP contribution in [0.15, 0.2) is 22.4 Å². The van der Waals surface area contributed by atoms with Crippen molar-refractivity contribution in [1.29, 1.82) is 0 Å². The number of aromatic nitrogens is 2. The molecular formula is C16H16N4O5S. The fourth-order valence-corrected chi connectivity index (χ4v) is 3.83. The van der Waals surface area contributed by atoms with Crippen molar-refractivity contribution in [2.24, 2.45) is 5.92 Å². The third-order valence-corrected chi connectivity index (χ3v) is 5.48. The van der Waals surface area contributed by atoms with Crippen molar-refractivity contribution in [3.63, 3.8) is 0 Å². The number of amides is 3. The second-order valence-electron chi connectivity index (χ2n) is 6.60. The average molecular weight is 376 g/mol. The normalized spacial score (nSPS) is 22.7. The Hall–Kier alpha value is -2.75. The van der Waals surface area contributed by atoms with Crippen LogP contribution in [-0.4, -0.2) is 44.3 Å². The number of carbonyl (C=O) groups is 3. The maximum atomic E-state index is 12.5. The molecule has 1 saturated heterocycles. The summed E-state index contributed by atoms with van der Waals surface area (Å²) in [4.78, 5) is 54.1. The lowest BCUT2D eigenvalue weighted by atomic mass is 9.96. The molecule has 2 aliphatic rings. The number of thiazole rings is 1. The van der Waals surface area contributed by atoms with Crippen LogP contribution >= 0.6 is 11.3 Å². The van der Waals surface area contributed by atoms with Crippen LogP contribution in [0.3, 0.4) is 0 Å². The topological polar surface area (TPSA) is 110 Å². The van der Waals surface area contributed by atoms with E-state index in [1.165, 1.54) is 21.8 Å². The minimum atomic E-state index is -0.933. The number of fused-ring (bicyclic) bond motifs is 1. The molecule has 26 heavy (non-hydrogen) atoms. The second kappa shape index (κ2) is 5.90. The van der Waals surface area contributed by atoms with E-state index >= 15 is 0 Å². The van der Waals surface area contributed by atoms with E-state index in [-0.39, 0.29) is 18.1 Å². The van der Waals surface area contributed by atoms with E-state index in [2.05, 4.69) is 10.3 Å². The van der Waals surface area contributed by atoms with Crippen LogP contribution in [0.2, 0.25) is 0 Å². The van der Waals surface area contributed by atoms with E-state index < -0.39 is 30.0 Å². The summed E-state index contributed by atoms with van der Waals surface area (Å²) in [5.74, 6) is -1.02. The number of nitrogens with zero attached hydrogens (tertiary/aromatic N) is 3. The number of hydrogen-bond acceptors (Lipinski definition) is 7. The lowest BCUT2D eigenvalue weighted by molar-refractivity contribution is -0.149. The van der Waals surface area contributed by atoms with Gasteiger partial charge in [0.2, 0.25) is 0 Å². The van der Waals surface area contributed by atoms with Gasteiger partial charge in [0, 0.05) is 17.6 Å². The molecule has 1 aliphatic heterocycles. The summed E-state index contributed by atoms with van der Waals surface area (Å²) in [7, 11) is 0. The zero-order valence-electron chi connectivity index (χ0n) is 13.9. The van der Waals surface area contributed by atoms with Crippen molar-refractivity contribution in [3.05, 3.63) is 33.7 Å². The van der Waals surface area contributed by atoms with Gasteiger partial charge in [0.25, 0.3) is 11.5 Å². The quantitative estimate of drug-likeness (QED) is 0.602. The lowest BCUT2D eigenvalue weighted by Crippen LogP contribution is -2.46. The molecule has 10 heteroatoms. The lowest BCUT2D eigenvalue weighted by Gasteiger charge is -2.20. The van der Waals surface area contributed by atoms with Gasteiger partial charge in [0.1, 0.15) is 18.7 Å². The molecule has 1 atom stereocenters. The Balaban J connectivity index is 1.40. The fraction of sp³-hybridized carbons (Fsp3) is 0.438. The Morgan fingerprint density at radius 2 is 2.19 bits per heavy atom. The first-order valence-corrected chi connectivity index (χ1v) is 9.02. The zero-order chi connectivity index (χ0) is 18.5. The Morgan fingerprint density at radius 3 is 2.92 bits per heavy atom. The van der Waals surface area contributed by atoms with Gasteiger partial charge in [-0.2, -0.15) is 0 Å². The van der Waals surface area contributed by atoms with Gasteiger partial charge in [0.05, 0.1) is 5.69 Å².